The van der Waals surface area contributed by atoms with Gasteiger partial charge in [-0.1, -0.05) is 65.8 Å². The van der Waals surface area contributed by atoms with E-state index in [9.17, 15) is 0 Å². The summed E-state index contributed by atoms with van der Waals surface area (Å²) in [6.07, 6.45) is 0. The Hall–Kier alpha value is -2.76. The Morgan fingerprint density at radius 1 is 0.929 bits per heavy atom. The van der Waals surface area contributed by atoms with Crippen molar-refractivity contribution in [3.8, 4) is 22.8 Å². The number of methoxy groups -OCH3 is 1. The molecule has 3 aromatic carbocycles. The van der Waals surface area contributed by atoms with Gasteiger partial charge < -0.3 is 4.74 Å². The quantitative estimate of drug-likeness (QED) is 0.374. The molecular weight excluding hydrogens is 390 g/mol. The fourth-order valence-electron chi connectivity index (χ4n) is 2.90. The fourth-order valence-corrected chi connectivity index (χ4v) is 4.02. The van der Waals surface area contributed by atoms with Crippen molar-refractivity contribution in [1.29, 1.82) is 0 Å². The van der Waals surface area contributed by atoms with E-state index in [-0.39, 0.29) is 0 Å². The monoisotopic (exact) mass is 407 g/mol. The van der Waals surface area contributed by atoms with Crippen LogP contribution in [0.1, 0.15) is 5.56 Å². The number of ether oxygens (including phenoxy) is 1. The van der Waals surface area contributed by atoms with Gasteiger partial charge in [-0.25, -0.2) is 0 Å². The number of rotatable bonds is 6. The summed E-state index contributed by atoms with van der Waals surface area (Å²) in [7, 11) is 1.67. The average Bonchev–Trinajstić information content (AvgIpc) is 3.17. The SMILES string of the molecule is COc1cccc(CSc2nnc(-c3ccccc3Cl)n2-c2ccccc2)c1. The van der Waals surface area contributed by atoms with Gasteiger partial charge in [0.05, 0.1) is 12.1 Å². The minimum atomic E-state index is 0.649. The molecule has 6 heteroatoms. The Kier molecular flexibility index (Phi) is 5.65. The molecule has 0 aliphatic heterocycles. The summed E-state index contributed by atoms with van der Waals surface area (Å²) in [5.41, 5.74) is 3.01. The molecule has 1 aromatic heterocycles. The number of benzene rings is 3. The first kappa shape index (κ1) is 18.6. The highest BCUT2D eigenvalue weighted by Gasteiger charge is 2.18. The van der Waals surface area contributed by atoms with Crippen LogP contribution in [0.4, 0.5) is 0 Å². The van der Waals surface area contributed by atoms with Crippen molar-refractivity contribution in [3.63, 3.8) is 0 Å². The van der Waals surface area contributed by atoms with Gasteiger partial charge in [0.15, 0.2) is 11.0 Å². The second-order valence-corrected chi connectivity index (χ2v) is 7.45. The molecule has 0 aliphatic carbocycles. The van der Waals surface area contributed by atoms with Crippen molar-refractivity contribution in [1.82, 2.24) is 14.8 Å². The summed E-state index contributed by atoms with van der Waals surface area (Å²) in [6.45, 7) is 0. The number of thioether (sulfide) groups is 1. The maximum atomic E-state index is 6.43. The molecule has 1 heterocycles. The van der Waals surface area contributed by atoms with Gasteiger partial charge in [0.2, 0.25) is 0 Å². The lowest BCUT2D eigenvalue weighted by Gasteiger charge is -2.11. The predicted octanol–water partition coefficient (Wildman–Crippen LogP) is 5.89. The van der Waals surface area contributed by atoms with E-state index < -0.39 is 0 Å². The minimum Gasteiger partial charge on any atom is -0.497 e. The molecule has 0 radical (unpaired) electrons. The van der Waals surface area contributed by atoms with Crippen LogP contribution in [0.3, 0.4) is 0 Å². The van der Waals surface area contributed by atoms with Gasteiger partial charge in [-0.3, -0.25) is 4.57 Å². The molecule has 0 bridgehead atoms. The van der Waals surface area contributed by atoms with Crippen LogP contribution in [0, 0.1) is 0 Å². The highest BCUT2D eigenvalue weighted by molar-refractivity contribution is 7.98. The second-order valence-electron chi connectivity index (χ2n) is 6.10. The van der Waals surface area contributed by atoms with Crippen molar-refractivity contribution in [2.45, 2.75) is 10.9 Å². The summed E-state index contributed by atoms with van der Waals surface area (Å²) in [5, 5.41) is 10.4. The first-order valence-electron chi connectivity index (χ1n) is 8.78. The first-order valence-corrected chi connectivity index (χ1v) is 10.1. The van der Waals surface area contributed by atoms with Gasteiger partial charge in [0.25, 0.3) is 0 Å². The number of aromatic nitrogens is 3. The number of para-hydroxylation sites is 1. The number of hydrogen-bond donors (Lipinski definition) is 0. The maximum absolute atomic E-state index is 6.43. The van der Waals surface area contributed by atoms with E-state index in [4.69, 9.17) is 16.3 Å². The van der Waals surface area contributed by atoms with Crippen LogP contribution in [-0.4, -0.2) is 21.9 Å². The molecule has 0 aliphatic rings. The summed E-state index contributed by atoms with van der Waals surface area (Å²) < 4.78 is 7.37. The zero-order chi connectivity index (χ0) is 19.3. The number of nitrogens with zero attached hydrogens (tertiary/aromatic N) is 3. The summed E-state index contributed by atoms with van der Waals surface area (Å²) in [4.78, 5) is 0. The Balaban J connectivity index is 1.72. The summed E-state index contributed by atoms with van der Waals surface area (Å²) in [6, 6.07) is 25.8. The molecule has 4 aromatic rings. The molecule has 0 unspecified atom stereocenters. The largest absolute Gasteiger partial charge is 0.497 e. The van der Waals surface area contributed by atoms with E-state index in [0.717, 1.165) is 39.3 Å². The standard InChI is InChI=1S/C22H18ClN3OS/c1-27-18-11-7-8-16(14-18)15-28-22-25-24-21(19-12-5-6-13-20(19)23)26(22)17-9-3-2-4-10-17/h2-14H,15H2,1H3. The van der Waals surface area contributed by atoms with Gasteiger partial charge >= 0.3 is 0 Å². The van der Waals surface area contributed by atoms with Crippen molar-refractivity contribution in [3.05, 3.63) is 89.4 Å². The fraction of sp³-hybridized carbons (Fsp3) is 0.0909. The highest BCUT2D eigenvalue weighted by Crippen LogP contribution is 2.33. The summed E-state index contributed by atoms with van der Waals surface area (Å²) in [5.74, 6) is 2.33. The third-order valence-corrected chi connectivity index (χ3v) is 5.59. The molecule has 4 nitrogen and oxygen atoms in total. The van der Waals surface area contributed by atoms with Gasteiger partial charge in [-0.15, -0.1) is 10.2 Å². The van der Waals surface area contributed by atoms with E-state index in [1.807, 2.05) is 77.4 Å². The molecule has 0 spiro atoms. The van der Waals surface area contributed by atoms with Crippen molar-refractivity contribution in [2.75, 3.05) is 7.11 Å². The second kappa shape index (κ2) is 8.50. The van der Waals surface area contributed by atoms with E-state index in [2.05, 4.69) is 16.3 Å². The van der Waals surface area contributed by atoms with Crippen LogP contribution >= 0.6 is 23.4 Å². The Morgan fingerprint density at radius 2 is 1.71 bits per heavy atom. The van der Waals surface area contributed by atoms with E-state index in [1.54, 1.807) is 18.9 Å². The van der Waals surface area contributed by atoms with Crippen molar-refractivity contribution >= 4 is 23.4 Å². The summed E-state index contributed by atoms with van der Waals surface area (Å²) >= 11 is 8.06. The minimum absolute atomic E-state index is 0.649. The first-order chi connectivity index (χ1) is 13.8. The number of hydrogen-bond acceptors (Lipinski definition) is 4. The van der Waals surface area contributed by atoms with Crippen LogP contribution in [0.2, 0.25) is 5.02 Å². The zero-order valence-electron chi connectivity index (χ0n) is 15.2. The lowest BCUT2D eigenvalue weighted by Crippen LogP contribution is -2.00. The topological polar surface area (TPSA) is 39.9 Å². The third-order valence-electron chi connectivity index (χ3n) is 4.26. The highest BCUT2D eigenvalue weighted by atomic mass is 35.5. The normalized spacial score (nSPS) is 10.8. The Labute approximate surface area is 173 Å². The molecule has 0 fully saturated rings. The zero-order valence-corrected chi connectivity index (χ0v) is 16.8. The number of halogens is 1. The van der Waals surface area contributed by atoms with E-state index in [0.29, 0.717) is 5.02 Å². The Bertz CT molecular complexity index is 1080. The van der Waals surface area contributed by atoms with Crippen LogP contribution in [0.15, 0.2) is 84.0 Å². The van der Waals surface area contributed by atoms with E-state index in [1.165, 1.54) is 0 Å². The molecule has 0 amide bonds. The molecule has 0 atom stereocenters. The third kappa shape index (κ3) is 3.91. The average molecular weight is 408 g/mol. The van der Waals surface area contributed by atoms with Gasteiger partial charge in [0, 0.05) is 17.0 Å². The lowest BCUT2D eigenvalue weighted by molar-refractivity contribution is 0.414. The molecular formula is C22H18ClN3OS. The van der Waals surface area contributed by atoms with Crippen molar-refractivity contribution in [2.24, 2.45) is 0 Å². The van der Waals surface area contributed by atoms with Crippen molar-refractivity contribution < 1.29 is 4.74 Å². The van der Waals surface area contributed by atoms with Gasteiger partial charge in [-0.2, -0.15) is 0 Å². The molecule has 140 valence electrons. The van der Waals surface area contributed by atoms with Crippen LogP contribution in [0.5, 0.6) is 5.75 Å². The maximum Gasteiger partial charge on any atom is 0.196 e. The molecule has 0 saturated carbocycles. The van der Waals surface area contributed by atoms with E-state index >= 15 is 0 Å². The molecule has 0 N–H and O–H groups in total. The van der Waals surface area contributed by atoms with Gasteiger partial charge in [0.1, 0.15) is 5.75 Å². The van der Waals surface area contributed by atoms with Gasteiger partial charge in [-0.05, 0) is 42.0 Å². The molecule has 4 rings (SSSR count). The molecule has 28 heavy (non-hydrogen) atoms. The Morgan fingerprint density at radius 3 is 2.50 bits per heavy atom. The van der Waals surface area contributed by atoms with Crippen LogP contribution in [-0.2, 0) is 5.75 Å². The lowest BCUT2D eigenvalue weighted by atomic mass is 10.2. The van der Waals surface area contributed by atoms with Crippen LogP contribution in [0.25, 0.3) is 17.1 Å². The smallest absolute Gasteiger partial charge is 0.196 e. The van der Waals surface area contributed by atoms with Crippen LogP contribution < -0.4 is 4.74 Å². The molecule has 0 saturated heterocycles. The predicted molar refractivity (Wildman–Crippen MR) is 114 cm³/mol.